The van der Waals surface area contributed by atoms with Crippen LogP contribution in [0.25, 0.3) is 22.3 Å². The van der Waals surface area contributed by atoms with Crippen LogP contribution in [0.5, 0.6) is 5.88 Å². The van der Waals surface area contributed by atoms with Crippen molar-refractivity contribution in [2.24, 2.45) is 0 Å². The lowest BCUT2D eigenvalue weighted by Crippen LogP contribution is -2.11. The first kappa shape index (κ1) is 13.5. The van der Waals surface area contributed by atoms with Crippen LogP contribution in [0.1, 0.15) is 26.7 Å². The normalized spacial score (nSPS) is 11.8. The lowest BCUT2D eigenvalue weighted by molar-refractivity contribution is 0.321. The van der Waals surface area contributed by atoms with E-state index in [2.05, 4.69) is 15.1 Å². The van der Waals surface area contributed by atoms with Crippen LogP contribution in [0.2, 0.25) is 0 Å². The summed E-state index contributed by atoms with van der Waals surface area (Å²) < 4.78 is 10.7. The summed E-state index contributed by atoms with van der Waals surface area (Å²) in [5.41, 5.74) is 1.41. The molecule has 0 saturated heterocycles. The molecule has 0 N–H and O–H groups in total. The monoisotopic (exact) mass is 283 g/mol. The van der Waals surface area contributed by atoms with Crippen molar-refractivity contribution in [3.05, 3.63) is 36.2 Å². The van der Waals surface area contributed by atoms with E-state index in [1.807, 2.05) is 51.1 Å². The van der Waals surface area contributed by atoms with Gasteiger partial charge in [-0.3, -0.25) is 0 Å². The van der Waals surface area contributed by atoms with Crippen LogP contribution in [0.4, 0.5) is 0 Å². The molecule has 0 aliphatic rings. The molecular weight excluding hydrogens is 266 g/mol. The number of fused-ring (bicyclic) bond motifs is 1. The lowest BCUT2D eigenvalue weighted by atomic mass is 9.97. The molecular formula is C16H17N3O2. The fourth-order valence-corrected chi connectivity index (χ4v) is 2.05. The zero-order chi connectivity index (χ0) is 15.0. The van der Waals surface area contributed by atoms with Gasteiger partial charge in [0.2, 0.25) is 17.6 Å². The minimum absolute atomic E-state index is 0.192. The second kappa shape index (κ2) is 4.84. The quantitative estimate of drug-likeness (QED) is 0.719. The Hall–Kier alpha value is -2.43. The van der Waals surface area contributed by atoms with Gasteiger partial charge >= 0.3 is 0 Å². The SMILES string of the molecule is COc1nc2ccccc2cc1-c1noc(C(C)(C)C)n1. The maximum Gasteiger partial charge on any atom is 0.232 e. The van der Waals surface area contributed by atoms with E-state index in [1.54, 1.807) is 7.11 Å². The molecule has 5 heteroatoms. The molecule has 0 saturated carbocycles. The van der Waals surface area contributed by atoms with Crippen LogP contribution >= 0.6 is 0 Å². The predicted molar refractivity (Wildman–Crippen MR) is 80.3 cm³/mol. The zero-order valence-electron chi connectivity index (χ0n) is 12.5. The van der Waals surface area contributed by atoms with Gasteiger partial charge in [-0.25, -0.2) is 4.98 Å². The van der Waals surface area contributed by atoms with Gasteiger partial charge in [-0.15, -0.1) is 0 Å². The Bertz CT molecular complexity index is 788. The summed E-state index contributed by atoms with van der Waals surface area (Å²) in [6, 6.07) is 9.82. The van der Waals surface area contributed by atoms with E-state index < -0.39 is 0 Å². The fraction of sp³-hybridized carbons (Fsp3) is 0.312. The standard InChI is InChI=1S/C16H17N3O2/c1-16(2,3)15-18-13(19-21-15)11-9-10-7-5-6-8-12(10)17-14(11)20-4/h5-9H,1-4H3. The Balaban J connectivity index is 2.17. The molecule has 3 rings (SSSR count). The highest BCUT2D eigenvalue weighted by atomic mass is 16.5. The second-order valence-electron chi connectivity index (χ2n) is 5.91. The van der Waals surface area contributed by atoms with Crippen LogP contribution in [-0.4, -0.2) is 22.2 Å². The minimum Gasteiger partial charge on any atom is -0.480 e. The highest BCUT2D eigenvalue weighted by Crippen LogP contribution is 2.31. The molecule has 2 aromatic heterocycles. The van der Waals surface area contributed by atoms with E-state index in [0.717, 1.165) is 16.5 Å². The van der Waals surface area contributed by atoms with E-state index in [4.69, 9.17) is 9.26 Å². The van der Waals surface area contributed by atoms with Gasteiger partial charge in [-0.2, -0.15) is 4.98 Å². The van der Waals surface area contributed by atoms with Crippen LogP contribution in [0, 0.1) is 0 Å². The van der Waals surface area contributed by atoms with Gasteiger partial charge in [0.1, 0.15) is 0 Å². The van der Waals surface area contributed by atoms with Crippen molar-refractivity contribution in [1.29, 1.82) is 0 Å². The number of benzene rings is 1. The predicted octanol–water partition coefficient (Wildman–Crippen LogP) is 3.59. The second-order valence-corrected chi connectivity index (χ2v) is 5.91. The Morgan fingerprint density at radius 2 is 1.86 bits per heavy atom. The van der Waals surface area contributed by atoms with E-state index >= 15 is 0 Å². The Kier molecular flexibility index (Phi) is 3.12. The smallest absolute Gasteiger partial charge is 0.232 e. The van der Waals surface area contributed by atoms with Gasteiger partial charge in [0, 0.05) is 10.8 Å². The number of rotatable bonds is 2. The van der Waals surface area contributed by atoms with Crippen LogP contribution in [-0.2, 0) is 5.41 Å². The lowest BCUT2D eigenvalue weighted by Gasteiger charge is -2.10. The molecule has 0 fully saturated rings. The van der Waals surface area contributed by atoms with Crippen LogP contribution < -0.4 is 4.74 Å². The molecule has 0 aliphatic heterocycles. The Morgan fingerprint density at radius 1 is 1.10 bits per heavy atom. The van der Waals surface area contributed by atoms with E-state index in [0.29, 0.717) is 17.6 Å². The zero-order valence-corrected chi connectivity index (χ0v) is 12.5. The molecule has 0 spiro atoms. The average molecular weight is 283 g/mol. The highest BCUT2D eigenvalue weighted by molar-refractivity contribution is 5.84. The topological polar surface area (TPSA) is 61.0 Å². The summed E-state index contributed by atoms with van der Waals surface area (Å²) in [4.78, 5) is 8.97. The van der Waals surface area contributed by atoms with Gasteiger partial charge in [0.25, 0.3) is 0 Å². The molecule has 108 valence electrons. The number of methoxy groups -OCH3 is 1. The number of nitrogens with zero attached hydrogens (tertiary/aromatic N) is 3. The van der Waals surface area contributed by atoms with E-state index in [9.17, 15) is 0 Å². The molecule has 2 heterocycles. The van der Waals surface area contributed by atoms with Crippen molar-refractivity contribution >= 4 is 10.9 Å². The van der Waals surface area contributed by atoms with Gasteiger partial charge in [0.05, 0.1) is 18.2 Å². The number of aromatic nitrogens is 3. The molecule has 0 bridgehead atoms. The average Bonchev–Trinajstić information content (AvgIpc) is 2.95. The molecule has 21 heavy (non-hydrogen) atoms. The van der Waals surface area contributed by atoms with E-state index in [1.165, 1.54) is 0 Å². The number of hydrogen-bond donors (Lipinski definition) is 0. The van der Waals surface area contributed by atoms with Crippen molar-refractivity contribution in [2.75, 3.05) is 7.11 Å². The maximum absolute atomic E-state index is 5.37. The first-order valence-corrected chi connectivity index (χ1v) is 6.77. The third-order valence-electron chi connectivity index (χ3n) is 3.19. The summed E-state index contributed by atoms with van der Waals surface area (Å²) in [5.74, 6) is 1.58. The van der Waals surface area contributed by atoms with Gasteiger partial charge in [-0.1, -0.05) is 44.1 Å². The summed E-state index contributed by atoms with van der Waals surface area (Å²) >= 11 is 0. The molecule has 5 nitrogen and oxygen atoms in total. The Labute approximate surface area is 123 Å². The fourth-order valence-electron chi connectivity index (χ4n) is 2.05. The van der Waals surface area contributed by atoms with Gasteiger partial charge in [0.15, 0.2) is 0 Å². The van der Waals surface area contributed by atoms with Gasteiger partial charge in [-0.05, 0) is 12.1 Å². The van der Waals surface area contributed by atoms with Crippen molar-refractivity contribution in [3.8, 4) is 17.3 Å². The maximum atomic E-state index is 5.37. The number of pyridine rings is 1. The van der Waals surface area contributed by atoms with Crippen LogP contribution in [0.3, 0.4) is 0 Å². The number of hydrogen-bond acceptors (Lipinski definition) is 5. The first-order chi connectivity index (χ1) is 9.99. The highest BCUT2D eigenvalue weighted by Gasteiger charge is 2.23. The molecule has 0 amide bonds. The molecule has 0 atom stereocenters. The van der Waals surface area contributed by atoms with Crippen molar-refractivity contribution < 1.29 is 9.26 Å². The number of ether oxygens (including phenoxy) is 1. The summed E-state index contributed by atoms with van der Waals surface area (Å²) in [6.45, 7) is 6.08. The summed E-state index contributed by atoms with van der Waals surface area (Å²) in [5, 5.41) is 5.07. The third-order valence-corrected chi connectivity index (χ3v) is 3.19. The van der Waals surface area contributed by atoms with Gasteiger partial charge < -0.3 is 9.26 Å². The first-order valence-electron chi connectivity index (χ1n) is 6.77. The molecule has 0 aliphatic carbocycles. The van der Waals surface area contributed by atoms with Crippen molar-refractivity contribution in [1.82, 2.24) is 15.1 Å². The molecule has 1 aromatic carbocycles. The third kappa shape index (κ3) is 2.46. The van der Waals surface area contributed by atoms with Crippen molar-refractivity contribution in [3.63, 3.8) is 0 Å². The summed E-state index contributed by atoms with van der Waals surface area (Å²) in [7, 11) is 1.59. The molecule has 3 aromatic rings. The largest absolute Gasteiger partial charge is 0.480 e. The molecule has 0 radical (unpaired) electrons. The Morgan fingerprint density at radius 3 is 2.52 bits per heavy atom. The number of para-hydroxylation sites is 1. The molecule has 0 unspecified atom stereocenters. The van der Waals surface area contributed by atoms with Crippen molar-refractivity contribution in [2.45, 2.75) is 26.2 Å². The summed E-state index contributed by atoms with van der Waals surface area (Å²) in [6.07, 6.45) is 0. The van der Waals surface area contributed by atoms with E-state index in [-0.39, 0.29) is 5.41 Å². The minimum atomic E-state index is -0.192. The van der Waals surface area contributed by atoms with Crippen LogP contribution in [0.15, 0.2) is 34.9 Å².